The van der Waals surface area contributed by atoms with Crippen molar-refractivity contribution in [3.63, 3.8) is 0 Å². The molecule has 0 saturated carbocycles. The molecule has 19 heavy (non-hydrogen) atoms. The van der Waals surface area contributed by atoms with Crippen LogP contribution in [0.2, 0.25) is 0 Å². The molecule has 0 aromatic heterocycles. The zero-order valence-electron chi connectivity index (χ0n) is 10.9. The first-order valence-electron chi connectivity index (χ1n) is 5.93. The lowest BCUT2D eigenvalue weighted by Gasteiger charge is -2.28. The first-order valence-corrected chi connectivity index (χ1v) is 5.93. The molecule has 0 radical (unpaired) electrons. The number of carbonyl (C=O) groups is 3. The molecule has 8 nitrogen and oxygen atoms in total. The summed E-state index contributed by atoms with van der Waals surface area (Å²) in [4.78, 5) is 36.6. The molecule has 0 aliphatic carbocycles. The Morgan fingerprint density at radius 2 is 2.05 bits per heavy atom. The number of methoxy groups -OCH3 is 1. The SMILES string of the molecule is CCN(CC(=O)OC)C(=O)N1C[C@@H](O)C[C@H]1C(=O)O. The number of hydrogen-bond donors (Lipinski definition) is 2. The van der Waals surface area contributed by atoms with Crippen molar-refractivity contribution in [3.05, 3.63) is 0 Å². The minimum absolute atomic E-state index is 0.00312. The van der Waals surface area contributed by atoms with Gasteiger partial charge in [0, 0.05) is 19.5 Å². The van der Waals surface area contributed by atoms with E-state index in [0.29, 0.717) is 0 Å². The number of ether oxygens (including phenoxy) is 1. The number of nitrogens with zero attached hydrogens (tertiary/aromatic N) is 2. The van der Waals surface area contributed by atoms with Crippen LogP contribution in [-0.4, -0.2) is 76.9 Å². The lowest BCUT2D eigenvalue weighted by molar-refractivity contribution is -0.141. The predicted octanol–water partition coefficient (Wildman–Crippen LogP) is -0.879. The normalized spacial score (nSPS) is 22.2. The van der Waals surface area contributed by atoms with Gasteiger partial charge in [-0.1, -0.05) is 0 Å². The summed E-state index contributed by atoms with van der Waals surface area (Å²) in [5.41, 5.74) is 0. The maximum Gasteiger partial charge on any atom is 0.326 e. The molecule has 1 heterocycles. The molecule has 8 heteroatoms. The number of esters is 1. The monoisotopic (exact) mass is 274 g/mol. The van der Waals surface area contributed by atoms with Crippen LogP contribution in [0.1, 0.15) is 13.3 Å². The smallest absolute Gasteiger partial charge is 0.326 e. The number of carboxylic acids is 1. The molecule has 0 aromatic carbocycles. The van der Waals surface area contributed by atoms with Gasteiger partial charge in [0.05, 0.1) is 13.2 Å². The van der Waals surface area contributed by atoms with Crippen LogP contribution < -0.4 is 0 Å². The summed E-state index contributed by atoms with van der Waals surface area (Å²) in [7, 11) is 1.21. The third-order valence-electron chi connectivity index (χ3n) is 3.01. The molecular formula is C11H18N2O6. The van der Waals surface area contributed by atoms with Gasteiger partial charge in [-0.25, -0.2) is 9.59 Å². The molecule has 0 unspecified atom stereocenters. The molecule has 1 rings (SSSR count). The van der Waals surface area contributed by atoms with Gasteiger partial charge in [0.25, 0.3) is 0 Å². The van der Waals surface area contributed by atoms with Gasteiger partial charge < -0.3 is 24.7 Å². The molecule has 2 atom stereocenters. The Labute approximate surface area is 110 Å². The van der Waals surface area contributed by atoms with E-state index in [2.05, 4.69) is 4.74 Å². The van der Waals surface area contributed by atoms with Crippen LogP contribution in [0, 0.1) is 0 Å². The number of likely N-dealkylation sites (tertiary alicyclic amines) is 1. The van der Waals surface area contributed by atoms with Gasteiger partial charge in [-0.3, -0.25) is 4.79 Å². The van der Waals surface area contributed by atoms with Crippen LogP contribution in [-0.2, 0) is 14.3 Å². The second-order valence-corrected chi connectivity index (χ2v) is 4.27. The van der Waals surface area contributed by atoms with Crippen molar-refractivity contribution in [3.8, 4) is 0 Å². The van der Waals surface area contributed by atoms with E-state index in [4.69, 9.17) is 5.11 Å². The Morgan fingerprint density at radius 3 is 2.53 bits per heavy atom. The molecule has 0 bridgehead atoms. The number of urea groups is 1. The first kappa shape index (κ1) is 15.2. The Balaban J connectivity index is 2.78. The highest BCUT2D eigenvalue weighted by Crippen LogP contribution is 2.20. The number of aliphatic carboxylic acids is 1. The minimum Gasteiger partial charge on any atom is -0.480 e. The lowest BCUT2D eigenvalue weighted by Crippen LogP contribution is -2.49. The van der Waals surface area contributed by atoms with Crippen molar-refractivity contribution in [1.29, 1.82) is 0 Å². The van der Waals surface area contributed by atoms with E-state index >= 15 is 0 Å². The fourth-order valence-corrected chi connectivity index (χ4v) is 1.98. The maximum atomic E-state index is 12.2. The molecule has 108 valence electrons. The summed E-state index contributed by atoms with van der Waals surface area (Å²) in [6.07, 6.45) is -0.862. The van der Waals surface area contributed by atoms with Gasteiger partial charge in [-0.15, -0.1) is 0 Å². The Morgan fingerprint density at radius 1 is 1.42 bits per heavy atom. The van der Waals surface area contributed by atoms with Gasteiger partial charge in [0.15, 0.2) is 0 Å². The van der Waals surface area contributed by atoms with Crippen LogP contribution in [0.5, 0.6) is 0 Å². The van der Waals surface area contributed by atoms with Crippen LogP contribution >= 0.6 is 0 Å². The van der Waals surface area contributed by atoms with Gasteiger partial charge >= 0.3 is 18.0 Å². The summed E-state index contributed by atoms with van der Waals surface area (Å²) in [6, 6.07) is -1.65. The average Bonchev–Trinajstić information content (AvgIpc) is 2.77. The number of β-amino-alcohol motifs (C(OH)–C–C–N with tert-alkyl or cyclic N) is 1. The van der Waals surface area contributed by atoms with E-state index in [1.165, 1.54) is 12.0 Å². The fourth-order valence-electron chi connectivity index (χ4n) is 1.98. The molecular weight excluding hydrogens is 256 g/mol. The standard InChI is InChI=1S/C11H18N2O6/c1-3-12(6-9(15)19-2)11(18)13-5-7(14)4-8(13)10(16)17/h7-8,14H,3-6H2,1-2H3,(H,16,17)/t7-,8-/m0/s1. The highest BCUT2D eigenvalue weighted by molar-refractivity contribution is 5.85. The van der Waals surface area contributed by atoms with Gasteiger partial charge in [-0.05, 0) is 6.92 Å². The maximum absolute atomic E-state index is 12.2. The van der Waals surface area contributed by atoms with E-state index in [1.807, 2.05) is 0 Å². The zero-order valence-corrected chi connectivity index (χ0v) is 10.9. The summed E-state index contributed by atoms with van der Waals surface area (Å²) in [5, 5.41) is 18.5. The van der Waals surface area contributed by atoms with Crippen LogP contribution in [0.15, 0.2) is 0 Å². The van der Waals surface area contributed by atoms with Crippen LogP contribution in [0.25, 0.3) is 0 Å². The zero-order chi connectivity index (χ0) is 14.6. The molecule has 0 spiro atoms. The highest BCUT2D eigenvalue weighted by Gasteiger charge is 2.40. The Kier molecular flexibility index (Phi) is 5.11. The van der Waals surface area contributed by atoms with Gasteiger partial charge in [-0.2, -0.15) is 0 Å². The highest BCUT2D eigenvalue weighted by atomic mass is 16.5. The second-order valence-electron chi connectivity index (χ2n) is 4.27. The number of amides is 2. The minimum atomic E-state index is -1.17. The average molecular weight is 274 g/mol. The quantitative estimate of drug-likeness (QED) is 0.645. The molecule has 1 aliphatic heterocycles. The molecule has 2 amide bonds. The second kappa shape index (κ2) is 6.37. The summed E-state index contributed by atoms with van der Waals surface area (Å²) >= 11 is 0. The Hall–Kier alpha value is -1.83. The molecule has 2 N–H and O–H groups in total. The number of rotatable bonds is 4. The van der Waals surface area contributed by atoms with E-state index in [0.717, 1.165) is 4.90 Å². The topological polar surface area (TPSA) is 107 Å². The third kappa shape index (κ3) is 3.57. The van der Waals surface area contributed by atoms with E-state index < -0.39 is 30.1 Å². The van der Waals surface area contributed by atoms with Crippen LogP contribution in [0.4, 0.5) is 4.79 Å². The largest absolute Gasteiger partial charge is 0.480 e. The van der Waals surface area contributed by atoms with Crippen molar-refractivity contribution < 1.29 is 29.3 Å². The molecule has 0 aromatic rings. The fraction of sp³-hybridized carbons (Fsp3) is 0.727. The summed E-state index contributed by atoms with van der Waals surface area (Å²) in [6.45, 7) is 1.62. The van der Waals surface area contributed by atoms with Crippen molar-refractivity contribution in [2.24, 2.45) is 0 Å². The third-order valence-corrected chi connectivity index (χ3v) is 3.01. The van der Waals surface area contributed by atoms with E-state index in [9.17, 15) is 19.5 Å². The van der Waals surface area contributed by atoms with Gasteiger partial charge in [0.1, 0.15) is 12.6 Å². The number of carboxylic acid groups (broad SMARTS) is 1. The number of hydrogen-bond acceptors (Lipinski definition) is 5. The van der Waals surface area contributed by atoms with Crippen molar-refractivity contribution >= 4 is 18.0 Å². The van der Waals surface area contributed by atoms with Crippen LogP contribution in [0.3, 0.4) is 0 Å². The summed E-state index contributed by atoms with van der Waals surface area (Å²) < 4.78 is 4.47. The predicted molar refractivity (Wildman–Crippen MR) is 63.4 cm³/mol. The molecule has 1 saturated heterocycles. The van der Waals surface area contributed by atoms with Crippen molar-refractivity contribution in [2.45, 2.75) is 25.5 Å². The lowest BCUT2D eigenvalue weighted by atomic mass is 10.2. The summed E-state index contributed by atoms with van der Waals surface area (Å²) in [5.74, 6) is -1.75. The van der Waals surface area contributed by atoms with Crippen molar-refractivity contribution in [2.75, 3.05) is 26.7 Å². The first-order chi connectivity index (χ1) is 8.90. The van der Waals surface area contributed by atoms with E-state index in [1.54, 1.807) is 6.92 Å². The molecule has 1 fully saturated rings. The number of carbonyl (C=O) groups excluding carboxylic acids is 2. The Bertz CT molecular complexity index is 372. The number of aliphatic hydroxyl groups is 1. The molecule has 1 aliphatic rings. The van der Waals surface area contributed by atoms with E-state index in [-0.39, 0.29) is 26.1 Å². The van der Waals surface area contributed by atoms with Crippen molar-refractivity contribution in [1.82, 2.24) is 9.80 Å². The van der Waals surface area contributed by atoms with Gasteiger partial charge in [0.2, 0.25) is 0 Å². The number of aliphatic hydroxyl groups excluding tert-OH is 1. The number of likely N-dealkylation sites (N-methyl/N-ethyl adjacent to an activating group) is 1.